The second-order valence-corrected chi connectivity index (χ2v) is 21.2. The fourth-order valence-electron chi connectivity index (χ4n) is 14.2. The van der Waals surface area contributed by atoms with Crippen LogP contribution in [0.15, 0.2) is 255 Å². The average Bonchev–Trinajstić information content (AvgIpc) is 4.20. The highest BCUT2D eigenvalue weighted by Gasteiger charge is 2.52. The highest BCUT2D eigenvalue weighted by Crippen LogP contribution is 2.65. The Morgan fingerprint density at radius 2 is 0.726 bits per heavy atom. The van der Waals surface area contributed by atoms with Crippen molar-refractivity contribution in [1.82, 2.24) is 0 Å². The smallest absolute Gasteiger partial charge is 0.0726 e. The van der Waals surface area contributed by atoms with Gasteiger partial charge in [-0.2, -0.15) is 0 Å². The van der Waals surface area contributed by atoms with E-state index in [9.17, 15) is 0 Å². The summed E-state index contributed by atoms with van der Waals surface area (Å²) >= 11 is 0. The Hall–Kier alpha value is -8.78. The van der Waals surface area contributed by atoms with E-state index in [-0.39, 0.29) is 10.8 Å². The van der Waals surface area contributed by atoms with Crippen molar-refractivity contribution in [2.75, 3.05) is 4.90 Å². The number of fused-ring (bicyclic) bond motifs is 16. The highest BCUT2D eigenvalue weighted by molar-refractivity contribution is 6.01. The van der Waals surface area contributed by atoms with Gasteiger partial charge in [-0.05, 0) is 155 Å². The largest absolute Gasteiger partial charge is 0.310 e. The topological polar surface area (TPSA) is 3.24 Å². The number of rotatable bonds is 6. The molecule has 344 valence electrons. The van der Waals surface area contributed by atoms with Crippen molar-refractivity contribution in [1.29, 1.82) is 0 Å². The normalized spacial score (nSPS) is 16.2. The van der Waals surface area contributed by atoms with Crippen molar-refractivity contribution in [2.24, 2.45) is 0 Å². The van der Waals surface area contributed by atoms with E-state index in [4.69, 9.17) is 0 Å². The van der Waals surface area contributed by atoms with Crippen LogP contribution < -0.4 is 4.90 Å². The molecule has 0 N–H and O–H groups in total. The number of anilines is 3. The zero-order valence-corrected chi connectivity index (χ0v) is 41.2. The quantitative estimate of drug-likeness (QED) is 0.161. The van der Waals surface area contributed by atoms with E-state index in [1.165, 1.54) is 117 Å². The molecule has 0 radical (unpaired) electrons. The van der Waals surface area contributed by atoms with E-state index in [0.29, 0.717) is 0 Å². The van der Waals surface area contributed by atoms with Gasteiger partial charge in [0.25, 0.3) is 0 Å². The van der Waals surface area contributed by atoms with E-state index in [2.05, 4.69) is 280 Å². The fourth-order valence-corrected chi connectivity index (χ4v) is 14.2. The molecule has 0 heterocycles. The third-order valence-corrected chi connectivity index (χ3v) is 17.4. The maximum absolute atomic E-state index is 2.51. The summed E-state index contributed by atoms with van der Waals surface area (Å²) in [5.74, 6) is 0. The first-order chi connectivity index (χ1) is 35.9. The molecule has 0 saturated heterocycles. The van der Waals surface area contributed by atoms with E-state index >= 15 is 0 Å². The van der Waals surface area contributed by atoms with E-state index in [1.807, 2.05) is 0 Å². The molecule has 1 atom stereocenters. The number of benzene rings is 11. The van der Waals surface area contributed by atoms with Gasteiger partial charge in [0.2, 0.25) is 0 Å². The van der Waals surface area contributed by atoms with E-state index < -0.39 is 5.41 Å². The molecule has 15 rings (SSSR count). The Labute approximate surface area is 428 Å². The molecule has 0 amide bonds. The molecular formula is C72H51N. The summed E-state index contributed by atoms with van der Waals surface area (Å²) in [5, 5.41) is 0. The summed E-state index contributed by atoms with van der Waals surface area (Å²) in [6.45, 7) is 7.16. The maximum Gasteiger partial charge on any atom is 0.0726 e. The van der Waals surface area contributed by atoms with Gasteiger partial charge in [0, 0.05) is 27.8 Å². The molecule has 0 bridgehead atoms. The molecule has 1 unspecified atom stereocenters. The Balaban J connectivity index is 0.904. The van der Waals surface area contributed by atoms with E-state index in [0.717, 1.165) is 17.1 Å². The standard InChI is InChI=1S/C72H51N/c1-70(2)60-28-12-7-24-56(60)58-27-17-26-52(69(58)70)47-37-42-51(43-38-47)73(50-40-35-46(36-41-50)48-39-44-57-53-21-8-13-29-61(53)71(3,66(57)45-48)49-19-5-4-6-20-49)67-34-18-33-65-68(67)59-25-11-16-32-64(59)72(65)62-30-14-9-22-54(62)55-23-10-15-31-63(55)72/h4-45H,1-3H3. The lowest BCUT2D eigenvalue weighted by Crippen LogP contribution is -2.26. The van der Waals surface area contributed by atoms with Crippen molar-refractivity contribution in [3.05, 3.63) is 305 Å². The molecule has 11 aromatic rings. The third kappa shape index (κ3) is 5.63. The molecule has 1 heteroatoms. The molecule has 73 heavy (non-hydrogen) atoms. The SMILES string of the molecule is CC1(C)c2ccccc2-c2cccc(-c3ccc(N(c4ccc(-c5ccc6c(c5)C(C)(c5ccccc5)c5ccccc5-6)cc4)c4cccc5c4-c4ccccc4C54c5ccccc5-c5ccccc54)cc3)c21. The van der Waals surface area contributed by atoms with Gasteiger partial charge in [-0.25, -0.2) is 0 Å². The molecule has 0 fully saturated rings. The minimum absolute atomic E-state index is 0.122. The molecule has 11 aromatic carbocycles. The van der Waals surface area contributed by atoms with Gasteiger partial charge in [-0.15, -0.1) is 0 Å². The van der Waals surface area contributed by atoms with Gasteiger partial charge in [0.05, 0.1) is 11.1 Å². The first-order valence-electron chi connectivity index (χ1n) is 25.8. The number of hydrogen-bond donors (Lipinski definition) is 0. The lowest BCUT2D eigenvalue weighted by molar-refractivity contribution is 0.662. The van der Waals surface area contributed by atoms with Crippen LogP contribution in [-0.2, 0) is 16.2 Å². The molecule has 0 saturated carbocycles. The first-order valence-corrected chi connectivity index (χ1v) is 25.8. The summed E-state index contributed by atoms with van der Waals surface area (Å²) in [6, 6.07) is 96.0. The molecule has 0 aliphatic heterocycles. The van der Waals surface area contributed by atoms with Gasteiger partial charge in [-0.1, -0.05) is 232 Å². The van der Waals surface area contributed by atoms with E-state index in [1.54, 1.807) is 0 Å². The van der Waals surface area contributed by atoms with Crippen LogP contribution in [-0.4, -0.2) is 0 Å². The monoisotopic (exact) mass is 929 g/mol. The van der Waals surface area contributed by atoms with Crippen molar-refractivity contribution < 1.29 is 0 Å². The number of nitrogens with zero attached hydrogens (tertiary/aromatic N) is 1. The summed E-state index contributed by atoms with van der Waals surface area (Å²) < 4.78 is 0. The average molecular weight is 930 g/mol. The third-order valence-electron chi connectivity index (χ3n) is 17.4. The van der Waals surface area contributed by atoms with Gasteiger partial charge >= 0.3 is 0 Å². The molecule has 4 aliphatic carbocycles. The molecule has 1 spiro atoms. The zero-order chi connectivity index (χ0) is 48.6. The van der Waals surface area contributed by atoms with Gasteiger partial charge in [0.15, 0.2) is 0 Å². The van der Waals surface area contributed by atoms with Crippen LogP contribution in [0.4, 0.5) is 17.1 Å². The summed E-state index contributed by atoms with van der Waals surface area (Å²) in [5.41, 5.74) is 30.1. The first kappa shape index (κ1) is 42.0. The van der Waals surface area contributed by atoms with Crippen LogP contribution in [0, 0.1) is 0 Å². The van der Waals surface area contributed by atoms with Gasteiger partial charge < -0.3 is 4.90 Å². The minimum Gasteiger partial charge on any atom is -0.310 e. The minimum atomic E-state index is -0.450. The van der Waals surface area contributed by atoms with Crippen LogP contribution >= 0.6 is 0 Å². The van der Waals surface area contributed by atoms with Crippen LogP contribution in [0.1, 0.15) is 70.8 Å². The van der Waals surface area contributed by atoms with Crippen molar-refractivity contribution in [3.63, 3.8) is 0 Å². The Morgan fingerprint density at radius 3 is 1.37 bits per heavy atom. The van der Waals surface area contributed by atoms with Crippen LogP contribution in [0.5, 0.6) is 0 Å². The highest BCUT2D eigenvalue weighted by atomic mass is 15.1. The number of hydrogen-bond acceptors (Lipinski definition) is 1. The summed E-state index contributed by atoms with van der Waals surface area (Å²) in [6.07, 6.45) is 0. The zero-order valence-electron chi connectivity index (χ0n) is 41.2. The van der Waals surface area contributed by atoms with Crippen LogP contribution in [0.25, 0.3) is 66.8 Å². The second-order valence-electron chi connectivity index (χ2n) is 21.2. The van der Waals surface area contributed by atoms with Gasteiger partial charge in [0.1, 0.15) is 0 Å². The Kier molecular flexibility index (Phi) is 8.83. The van der Waals surface area contributed by atoms with Crippen molar-refractivity contribution in [2.45, 2.75) is 37.0 Å². The lowest BCUT2D eigenvalue weighted by atomic mass is 9.70. The predicted octanol–water partition coefficient (Wildman–Crippen LogP) is 18.5. The molecular weight excluding hydrogens is 879 g/mol. The van der Waals surface area contributed by atoms with Crippen LogP contribution in [0.2, 0.25) is 0 Å². The van der Waals surface area contributed by atoms with Crippen molar-refractivity contribution in [3.8, 4) is 66.8 Å². The van der Waals surface area contributed by atoms with Gasteiger partial charge in [-0.3, -0.25) is 0 Å². The Morgan fingerprint density at radius 1 is 0.288 bits per heavy atom. The predicted molar refractivity (Wildman–Crippen MR) is 303 cm³/mol. The molecule has 4 aliphatic rings. The summed E-state index contributed by atoms with van der Waals surface area (Å²) in [7, 11) is 0. The molecule has 1 nitrogen and oxygen atoms in total. The van der Waals surface area contributed by atoms with Crippen molar-refractivity contribution >= 4 is 17.1 Å². The summed E-state index contributed by atoms with van der Waals surface area (Å²) in [4.78, 5) is 2.51. The lowest BCUT2D eigenvalue weighted by Gasteiger charge is -2.32. The fraction of sp³-hybridized carbons (Fsp3) is 0.0833. The second kappa shape index (κ2) is 15.4. The van der Waals surface area contributed by atoms with Crippen LogP contribution in [0.3, 0.4) is 0 Å². The molecule has 0 aromatic heterocycles. The maximum atomic E-state index is 2.51. The Bertz CT molecular complexity index is 4020.